The summed E-state index contributed by atoms with van der Waals surface area (Å²) in [4.78, 5) is 35.7. The van der Waals surface area contributed by atoms with Gasteiger partial charge in [-0.25, -0.2) is 0 Å². The van der Waals surface area contributed by atoms with E-state index in [0.717, 1.165) is 11.1 Å². The lowest BCUT2D eigenvalue weighted by molar-refractivity contribution is -0.146. The van der Waals surface area contributed by atoms with Gasteiger partial charge >= 0.3 is 5.97 Å². The lowest BCUT2D eigenvalue weighted by Crippen LogP contribution is -2.26. The third-order valence-corrected chi connectivity index (χ3v) is 5.00. The Kier molecular flexibility index (Phi) is 7.05. The van der Waals surface area contributed by atoms with Crippen molar-refractivity contribution in [3.05, 3.63) is 84.4 Å². The fraction of sp³-hybridized carbons (Fsp3) is 0.192. The molecular formula is C26H25NO5. The number of hydrogen-bond donors (Lipinski definition) is 2. The SMILES string of the molecule is CC(C)(CC(=O)c1ccc(-c2ccc(NC(=O)COc3ccccc3)cc2)cc1)C(=O)O. The number of anilines is 1. The summed E-state index contributed by atoms with van der Waals surface area (Å²) in [6.45, 7) is 2.99. The molecule has 32 heavy (non-hydrogen) atoms. The van der Waals surface area contributed by atoms with Gasteiger partial charge in [0.2, 0.25) is 0 Å². The Hall–Kier alpha value is -3.93. The number of rotatable bonds is 9. The van der Waals surface area contributed by atoms with Gasteiger partial charge in [-0.05, 0) is 49.2 Å². The van der Waals surface area contributed by atoms with Crippen LogP contribution in [-0.2, 0) is 9.59 Å². The van der Waals surface area contributed by atoms with Crippen LogP contribution in [0, 0.1) is 5.41 Å². The van der Waals surface area contributed by atoms with Crippen LogP contribution in [-0.4, -0.2) is 29.4 Å². The number of carbonyl (C=O) groups excluding carboxylic acids is 2. The zero-order valence-electron chi connectivity index (χ0n) is 18.0. The lowest BCUT2D eigenvalue weighted by Gasteiger charge is -2.17. The molecule has 164 valence electrons. The van der Waals surface area contributed by atoms with Gasteiger partial charge in [0, 0.05) is 17.7 Å². The van der Waals surface area contributed by atoms with E-state index < -0.39 is 11.4 Å². The zero-order valence-corrected chi connectivity index (χ0v) is 18.0. The summed E-state index contributed by atoms with van der Waals surface area (Å²) in [5, 5.41) is 12.0. The Bertz CT molecular complexity index is 1090. The average molecular weight is 431 g/mol. The topological polar surface area (TPSA) is 92.7 Å². The van der Waals surface area contributed by atoms with E-state index >= 15 is 0 Å². The number of carboxylic acid groups (broad SMARTS) is 1. The van der Waals surface area contributed by atoms with Crippen LogP contribution in [0.25, 0.3) is 11.1 Å². The molecule has 0 radical (unpaired) electrons. The predicted octanol–water partition coefficient (Wildman–Crippen LogP) is 5.05. The Morgan fingerprint density at radius 2 is 1.41 bits per heavy atom. The van der Waals surface area contributed by atoms with Crippen LogP contribution >= 0.6 is 0 Å². The molecule has 1 amide bonds. The summed E-state index contributed by atoms with van der Waals surface area (Å²) in [5.74, 6) is -0.832. The van der Waals surface area contributed by atoms with E-state index in [9.17, 15) is 19.5 Å². The molecule has 0 heterocycles. The van der Waals surface area contributed by atoms with Gasteiger partial charge < -0.3 is 15.2 Å². The highest BCUT2D eigenvalue weighted by molar-refractivity contribution is 5.99. The van der Waals surface area contributed by atoms with Crippen LogP contribution in [0.3, 0.4) is 0 Å². The molecule has 0 fully saturated rings. The molecular weight excluding hydrogens is 406 g/mol. The Labute approximate surface area is 186 Å². The Morgan fingerprint density at radius 1 is 0.844 bits per heavy atom. The molecule has 2 N–H and O–H groups in total. The van der Waals surface area contributed by atoms with Gasteiger partial charge in [0.15, 0.2) is 12.4 Å². The maximum Gasteiger partial charge on any atom is 0.309 e. The number of amides is 1. The minimum Gasteiger partial charge on any atom is -0.484 e. The van der Waals surface area contributed by atoms with E-state index in [-0.39, 0.29) is 24.7 Å². The molecule has 3 aromatic rings. The van der Waals surface area contributed by atoms with E-state index in [1.54, 1.807) is 36.4 Å². The number of aliphatic carboxylic acids is 1. The summed E-state index contributed by atoms with van der Waals surface area (Å²) < 4.78 is 5.43. The van der Waals surface area contributed by atoms with Crippen molar-refractivity contribution in [2.45, 2.75) is 20.3 Å². The monoisotopic (exact) mass is 431 g/mol. The highest BCUT2D eigenvalue weighted by Gasteiger charge is 2.30. The average Bonchev–Trinajstić information content (AvgIpc) is 2.78. The standard InChI is InChI=1S/C26H25NO5/c1-26(2,25(30)31)16-23(28)20-10-8-18(9-11-20)19-12-14-21(15-13-19)27-24(29)17-32-22-6-4-3-5-7-22/h3-15H,16-17H2,1-2H3,(H,27,29)(H,30,31). The number of carboxylic acids is 1. The largest absolute Gasteiger partial charge is 0.484 e. The third kappa shape index (κ3) is 6.04. The molecule has 0 atom stereocenters. The van der Waals surface area contributed by atoms with Crippen LogP contribution in [0.4, 0.5) is 5.69 Å². The molecule has 0 saturated heterocycles. The first-order valence-electron chi connectivity index (χ1n) is 10.2. The van der Waals surface area contributed by atoms with Gasteiger partial charge in [-0.3, -0.25) is 14.4 Å². The number of ether oxygens (including phenoxy) is 1. The summed E-state index contributed by atoms with van der Waals surface area (Å²) in [6, 6.07) is 23.5. The maximum absolute atomic E-state index is 12.4. The zero-order chi connectivity index (χ0) is 23.1. The third-order valence-electron chi connectivity index (χ3n) is 5.00. The molecule has 0 saturated carbocycles. The van der Waals surface area contributed by atoms with Crippen molar-refractivity contribution in [1.29, 1.82) is 0 Å². The number of benzene rings is 3. The van der Waals surface area contributed by atoms with Crippen molar-refractivity contribution < 1.29 is 24.2 Å². The predicted molar refractivity (Wildman–Crippen MR) is 123 cm³/mol. The van der Waals surface area contributed by atoms with Crippen LogP contribution in [0.1, 0.15) is 30.6 Å². The van der Waals surface area contributed by atoms with Crippen molar-refractivity contribution in [3.8, 4) is 16.9 Å². The molecule has 3 aromatic carbocycles. The first-order valence-corrected chi connectivity index (χ1v) is 10.2. The number of hydrogen-bond acceptors (Lipinski definition) is 4. The van der Waals surface area contributed by atoms with Crippen molar-refractivity contribution in [2.75, 3.05) is 11.9 Å². The molecule has 0 aliphatic heterocycles. The number of nitrogens with one attached hydrogen (secondary N) is 1. The molecule has 6 nitrogen and oxygen atoms in total. The maximum atomic E-state index is 12.4. The van der Waals surface area contributed by atoms with E-state index in [1.165, 1.54) is 13.8 Å². The fourth-order valence-corrected chi connectivity index (χ4v) is 3.04. The highest BCUT2D eigenvalue weighted by atomic mass is 16.5. The van der Waals surface area contributed by atoms with Gasteiger partial charge in [0.1, 0.15) is 5.75 Å². The lowest BCUT2D eigenvalue weighted by atomic mass is 9.85. The normalized spacial score (nSPS) is 10.9. The minimum atomic E-state index is -1.11. The summed E-state index contributed by atoms with van der Waals surface area (Å²) >= 11 is 0. The number of Topliss-reactive ketones (excluding diaryl/α,β-unsaturated/α-hetero) is 1. The minimum absolute atomic E-state index is 0.0654. The second-order valence-corrected chi connectivity index (χ2v) is 8.09. The van der Waals surface area contributed by atoms with Crippen molar-refractivity contribution in [3.63, 3.8) is 0 Å². The number of ketones is 1. The smallest absolute Gasteiger partial charge is 0.309 e. The van der Waals surface area contributed by atoms with Gasteiger partial charge in [-0.1, -0.05) is 54.6 Å². The van der Waals surface area contributed by atoms with E-state index in [0.29, 0.717) is 17.0 Å². The Morgan fingerprint density at radius 3 is 1.97 bits per heavy atom. The molecule has 0 aliphatic rings. The van der Waals surface area contributed by atoms with Gasteiger partial charge in [-0.15, -0.1) is 0 Å². The van der Waals surface area contributed by atoms with Gasteiger partial charge in [-0.2, -0.15) is 0 Å². The Balaban J connectivity index is 1.58. The summed E-state index contributed by atoms with van der Waals surface area (Å²) in [6.07, 6.45) is -0.0654. The molecule has 6 heteroatoms. The first-order chi connectivity index (χ1) is 15.2. The van der Waals surface area contributed by atoms with Crippen molar-refractivity contribution >= 4 is 23.3 Å². The quantitative estimate of drug-likeness (QED) is 0.462. The summed E-state index contributed by atoms with van der Waals surface area (Å²) in [7, 11) is 0. The molecule has 3 rings (SSSR count). The molecule has 0 aliphatic carbocycles. The first kappa shape index (κ1) is 22.7. The molecule has 0 bridgehead atoms. The number of para-hydroxylation sites is 1. The van der Waals surface area contributed by atoms with Crippen LogP contribution < -0.4 is 10.1 Å². The van der Waals surface area contributed by atoms with Crippen LogP contribution in [0.2, 0.25) is 0 Å². The molecule has 0 aromatic heterocycles. The van der Waals surface area contributed by atoms with E-state index in [1.807, 2.05) is 42.5 Å². The van der Waals surface area contributed by atoms with Gasteiger partial charge in [0.25, 0.3) is 5.91 Å². The van der Waals surface area contributed by atoms with Crippen LogP contribution in [0.5, 0.6) is 5.75 Å². The van der Waals surface area contributed by atoms with E-state index in [2.05, 4.69) is 5.32 Å². The number of carbonyl (C=O) groups is 3. The fourth-order valence-electron chi connectivity index (χ4n) is 3.04. The molecule has 0 unspecified atom stereocenters. The summed E-state index contributed by atoms with van der Waals surface area (Å²) in [5.41, 5.74) is 1.85. The van der Waals surface area contributed by atoms with Crippen molar-refractivity contribution in [1.82, 2.24) is 0 Å². The second kappa shape index (κ2) is 9.92. The molecule has 0 spiro atoms. The van der Waals surface area contributed by atoms with Gasteiger partial charge in [0.05, 0.1) is 5.41 Å². The van der Waals surface area contributed by atoms with Crippen molar-refractivity contribution in [2.24, 2.45) is 5.41 Å². The van der Waals surface area contributed by atoms with Crippen LogP contribution in [0.15, 0.2) is 78.9 Å². The second-order valence-electron chi connectivity index (χ2n) is 8.09. The highest BCUT2D eigenvalue weighted by Crippen LogP contribution is 2.26. The van der Waals surface area contributed by atoms with E-state index in [4.69, 9.17) is 4.74 Å².